The van der Waals surface area contributed by atoms with Gasteiger partial charge in [0.25, 0.3) is 0 Å². The Morgan fingerprint density at radius 2 is 1.61 bits per heavy atom. The molecule has 0 spiro atoms. The highest BCUT2D eigenvalue weighted by Crippen LogP contribution is 2.28. The predicted octanol–water partition coefficient (Wildman–Crippen LogP) is 5.96. The zero-order valence-electron chi connectivity index (χ0n) is 23.0. The van der Waals surface area contributed by atoms with Crippen molar-refractivity contribution in [3.05, 3.63) is 99.5 Å². The molecule has 1 fully saturated rings. The molecule has 1 saturated carbocycles. The number of carbonyl (C=O) groups excluding carboxylic acids is 2. The standard InChI is InChI=1S/C31H35BrClN3O4S/c1-41(39,40)36(28-18-9-8-17-27(28)33)22-30(37)35(21-24-13-10-14-25(32)19-24)29(20-23-11-4-2-5-12-23)31(38)34-26-15-6-3-7-16-26/h2,4-5,8-14,17-19,26,29H,3,6-7,15-16,20-22H2,1H3,(H,34,38). The van der Waals surface area contributed by atoms with E-state index in [0.29, 0.717) is 0 Å². The van der Waals surface area contributed by atoms with E-state index < -0.39 is 28.5 Å². The molecule has 0 aromatic heterocycles. The van der Waals surface area contributed by atoms with Crippen molar-refractivity contribution in [1.82, 2.24) is 10.2 Å². The van der Waals surface area contributed by atoms with Crippen LogP contribution >= 0.6 is 27.5 Å². The third-order valence-electron chi connectivity index (χ3n) is 7.26. The van der Waals surface area contributed by atoms with Gasteiger partial charge >= 0.3 is 0 Å². The molecule has 1 unspecified atom stereocenters. The van der Waals surface area contributed by atoms with Gasteiger partial charge in [0.15, 0.2) is 0 Å². The van der Waals surface area contributed by atoms with E-state index in [1.165, 1.54) is 4.90 Å². The lowest BCUT2D eigenvalue weighted by atomic mass is 9.94. The number of amides is 2. The average molecular weight is 661 g/mol. The van der Waals surface area contributed by atoms with Crippen molar-refractivity contribution in [2.75, 3.05) is 17.1 Å². The predicted molar refractivity (Wildman–Crippen MR) is 167 cm³/mol. The maximum absolute atomic E-state index is 14.2. The molecule has 2 amide bonds. The van der Waals surface area contributed by atoms with E-state index in [2.05, 4.69) is 21.2 Å². The van der Waals surface area contributed by atoms with E-state index in [0.717, 1.165) is 58.3 Å². The lowest BCUT2D eigenvalue weighted by Crippen LogP contribution is -2.55. The summed E-state index contributed by atoms with van der Waals surface area (Å²) in [6.07, 6.45) is 6.38. The summed E-state index contributed by atoms with van der Waals surface area (Å²) in [7, 11) is -3.88. The number of halogens is 2. The van der Waals surface area contributed by atoms with Crippen molar-refractivity contribution in [3.63, 3.8) is 0 Å². The van der Waals surface area contributed by atoms with Gasteiger partial charge in [-0.1, -0.05) is 101 Å². The number of sulfonamides is 1. The number of para-hydroxylation sites is 1. The first-order valence-electron chi connectivity index (χ1n) is 13.7. The molecule has 3 aromatic rings. The van der Waals surface area contributed by atoms with E-state index in [-0.39, 0.29) is 35.6 Å². The summed E-state index contributed by atoms with van der Waals surface area (Å²) in [4.78, 5) is 29.6. The minimum Gasteiger partial charge on any atom is -0.352 e. The molecule has 0 heterocycles. The summed E-state index contributed by atoms with van der Waals surface area (Å²) >= 11 is 9.86. The Bertz CT molecular complexity index is 1450. The topological polar surface area (TPSA) is 86.8 Å². The summed E-state index contributed by atoms with van der Waals surface area (Å²) < 4.78 is 27.7. The van der Waals surface area contributed by atoms with Crippen LogP contribution in [0.15, 0.2) is 83.3 Å². The Kier molecular flexibility index (Phi) is 10.9. The SMILES string of the molecule is CS(=O)(=O)N(CC(=O)N(Cc1cccc(Br)c1)C(Cc1ccccc1)C(=O)NC1CCCCC1)c1ccccc1Cl. The van der Waals surface area contributed by atoms with Gasteiger partial charge in [0, 0.05) is 23.5 Å². The van der Waals surface area contributed by atoms with Crippen LogP contribution in [0, 0.1) is 0 Å². The van der Waals surface area contributed by atoms with E-state index in [4.69, 9.17) is 11.6 Å². The van der Waals surface area contributed by atoms with Crippen LogP contribution in [0.2, 0.25) is 5.02 Å². The molecule has 0 aliphatic heterocycles. The van der Waals surface area contributed by atoms with Crippen molar-refractivity contribution in [2.24, 2.45) is 0 Å². The Morgan fingerprint density at radius 1 is 0.951 bits per heavy atom. The minimum absolute atomic E-state index is 0.0491. The van der Waals surface area contributed by atoms with Crippen LogP contribution in [0.3, 0.4) is 0 Å². The van der Waals surface area contributed by atoms with Crippen molar-refractivity contribution < 1.29 is 18.0 Å². The third-order valence-corrected chi connectivity index (χ3v) is 9.20. The molecule has 1 atom stereocenters. The van der Waals surface area contributed by atoms with Gasteiger partial charge in [0.2, 0.25) is 21.8 Å². The van der Waals surface area contributed by atoms with Crippen LogP contribution in [-0.4, -0.2) is 50.0 Å². The van der Waals surface area contributed by atoms with Gasteiger partial charge in [0.05, 0.1) is 17.0 Å². The highest BCUT2D eigenvalue weighted by Gasteiger charge is 2.34. The molecule has 0 radical (unpaired) electrons. The number of hydrogen-bond donors (Lipinski definition) is 1. The van der Waals surface area contributed by atoms with Crippen LogP contribution in [0.25, 0.3) is 0 Å². The fourth-order valence-electron chi connectivity index (χ4n) is 5.18. The molecule has 218 valence electrons. The van der Waals surface area contributed by atoms with Crippen molar-refractivity contribution in [3.8, 4) is 0 Å². The number of carbonyl (C=O) groups is 2. The summed E-state index contributed by atoms with van der Waals surface area (Å²) in [6, 6.07) is 22.8. The third kappa shape index (κ3) is 8.80. The van der Waals surface area contributed by atoms with Gasteiger partial charge in [-0.25, -0.2) is 8.42 Å². The van der Waals surface area contributed by atoms with Gasteiger partial charge in [-0.05, 0) is 48.2 Å². The number of benzene rings is 3. The van der Waals surface area contributed by atoms with Crippen molar-refractivity contribution >= 4 is 55.1 Å². The molecule has 3 aromatic carbocycles. The van der Waals surface area contributed by atoms with Crippen LogP contribution in [0.5, 0.6) is 0 Å². The van der Waals surface area contributed by atoms with E-state index >= 15 is 0 Å². The van der Waals surface area contributed by atoms with Gasteiger partial charge < -0.3 is 10.2 Å². The largest absolute Gasteiger partial charge is 0.352 e. The van der Waals surface area contributed by atoms with Crippen LogP contribution in [0.4, 0.5) is 5.69 Å². The molecule has 7 nitrogen and oxygen atoms in total. The highest BCUT2D eigenvalue weighted by molar-refractivity contribution is 9.10. The van der Waals surface area contributed by atoms with E-state index in [1.807, 2.05) is 54.6 Å². The normalized spacial score (nSPS) is 14.7. The van der Waals surface area contributed by atoms with Gasteiger partial charge in [-0.2, -0.15) is 0 Å². The summed E-state index contributed by atoms with van der Waals surface area (Å²) in [5.74, 6) is -0.747. The summed E-state index contributed by atoms with van der Waals surface area (Å²) in [5, 5.41) is 3.41. The van der Waals surface area contributed by atoms with Crippen LogP contribution in [0.1, 0.15) is 43.2 Å². The summed E-state index contributed by atoms with van der Waals surface area (Å²) in [5.41, 5.74) is 1.91. The molecule has 4 rings (SSSR count). The smallest absolute Gasteiger partial charge is 0.244 e. The molecular weight excluding hydrogens is 626 g/mol. The number of hydrogen-bond acceptors (Lipinski definition) is 4. The second kappa shape index (κ2) is 14.3. The second-order valence-electron chi connectivity index (χ2n) is 10.4. The lowest BCUT2D eigenvalue weighted by Gasteiger charge is -2.35. The van der Waals surface area contributed by atoms with Crippen molar-refractivity contribution in [2.45, 2.75) is 57.2 Å². The van der Waals surface area contributed by atoms with Crippen LogP contribution < -0.4 is 9.62 Å². The maximum Gasteiger partial charge on any atom is 0.244 e. The zero-order valence-corrected chi connectivity index (χ0v) is 26.2. The zero-order chi connectivity index (χ0) is 29.4. The molecule has 41 heavy (non-hydrogen) atoms. The monoisotopic (exact) mass is 659 g/mol. The number of anilines is 1. The van der Waals surface area contributed by atoms with E-state index in [1.54, 1.807) is 24.3 Å². The molecule has 1 aliphatic carbocycles. The van der Waals surface area contributed by atoms with Gasteiger partial charge in [-0.15, -0.1) is 0 Å². The summed E-state index contributed by atoms with van der Waals surface area (Å²) in [6.45, 7) is -0.382. The van der Waals surface area contributed by atoms with Crippen LogP contribution in [-0.2, 0) is 32.6 Å². The number of nitrogens with one attached hydrogen (secondary N) is 1. The molecule has 1 aliphatic rings. The molecule has 1 N–H and O–H groups in total. The number of nitrogens with zero attached hydrogens (tertiary/aromatic N) is 2. The Morgan fingerprint density at radius 3 is 2.27 bits per heavy atom. The first-order valence-corrected chi connectivity index (χ1v) is 16.7. The first-order chi connectivity index (χ1) is 19.6. The molecular formula is C31H35BrClN3O4S. The molecule has 10 heteroatoms. The Balaban J connectivity index is 1.73. The quantitative estimate of drug-likeness (QED) is 0.275. The van der Waals surface area contributed by atoms with E-state index in [9.17, 15) is 18.0 Å². The lowest BCUT2D eigenvalue weighted by molar-refractivity contribution is -0.140. The average Bonchev–Trinajstić information content (AvgIpc) is 2.94. The van der Waals surface area contributed by atoms with Gasteiger partial charge in [0.1, 0.15) is 12.6 Å². The Hall–Kier alpha value is -2.88. The minimum atomic E-state index is -3.88. The highest BCUT2D eigenvalue weighted by atomic mass is 79.9. The molecule has 0 bridgehead atoms. The van der Waals surface area contributed by atoms with Gasteiger partial charge in [-0.3, -0.25) is 13.9 Å². The number of rotatable bonds is 11. The maximum atomic E-state index is 14.2. The second-order valence-corrected chi connectivity index (χ2v) is 13.7. The molecule has 0 saturated heterocycles. The van der Waals surface area contributed by atoms with Crippen molar-refractivity contribution in [1.29, 1.82) is 0 Å². The Labute approximate surface area is 256 Å². The fourth-order valence-corrected chi connectivity index (χ4v) is 6.77. The first kappa shape index (κ1) is 31.1. The fraction of sp³-hybridized carbons (Fsp3) is 0.355.